The highest BCUT2D eigenvalue weighted by Crippen LogP contribution is 2.32. The van der Waals surface area contributed by atoms with E-state index in [-0.39, 0.29) is 12.3 Å². The Morgan fingerprint density at radius 1 is 1.14 bits per heavy atom. The number of hydrogen-bond acceptors (Lipinski definition) is 6. The zero-order valence-electron chi connectivity index (χ0n) is 15.4. The van der Waals surface area contributed by atoms with Gasteiger partial charge in [-0.2, -0.15) is 0 Å². The molecule has 4 rings (SSSR count). The Morgan fingerprint density at radius 3 is 2.75 bits per heavy atom. The Kier molecular flexibility index (Phi) is 5.43. The molecule has 0 aliphatic carbocycles. The maximum absolute atomic E-state index is 12.3. The molecule has 1 N–H and O–H groups in total. The Morgan fingerprint density at radius 2 is 1.93 bits per heavy atom. The first-order valence-electron chi connectivity index (χ1n) is 8.98. The second-order valence-electron chi connectivity index (χ2n) is 6.42. The summed E-state index contributed by atoms with van der Waals surface area (Å²) in [6.45, 7) is 3.47. The molecule has 1 amide bonds. The zero-order chi connectivity index (χ0) is 19.3. The number of aromatic nitrogens is 1. The third kappa shape index (κ3) is 4.61. The number of benzene rings is 2. The van der Waals surface area contributed by atoms with Crippen LogP contribution in [0, 0.1) is 6.92 Å². The summed E-state index contributed by atoms with van der Waals surface area (Å²) >= 11 is 1.49. The topological polar surface area (TPSA) is 69.7 Å². The number of aryl methyl sites for hydroxylation is 1. The number of anilines is 1. The molecule has 0 fully saturated rings. The van der Waals surface area contributed by atoms with E-state index >= 15 is 0 Å². The molecule has 0 saturated heterocycles. The van der Waals surface area contributed by atoms with E-state index in [1.165, 1.54) is 16.9 Å². The fourth-order valence-electron chi connectivity index (χ4n) is 2.77. The van der Waals surface area contributed by atoms with Crippen molar-refractivity contribution < 1.29 is 19.0 Å². The van der Waals surface area contributed by atoms with Crippen LogP contribution in [-0.4, -0.2) is 24.1 Å². The van der Waals surface area contributed by atoms with Crippen LogP contribution in [0.15, 0.2) is 47.8 Å². The van der Waals surface area contributed by atoms with Gasteiger partial charge in [0.25, 0.3) is 0 Å². The molecular formula is C21H20N2O4S. The van der Waals surface area contributed by atoms with Gasteiger partial charge in [-0.25, -0.2) is 4.98 Å². The van der Waals surface area contributed by atoms with Crippen LogP contribution in [0.25, 0.3) is 0 Å². The van der Waals surface area contributed by atoms with Gasteiger partial charge in [0.15, 0.2) is 11.5 Å². The van der Waals surface area contributed by atoms with E-state index in [1.54, 1.807) is 18.2 Å². The van der Waals surface area contributed by atoms with Crippen LogP contribution in [0.1, 0.15) is 16.3 Å². The van der Waals surface area contributed by atoms with Gasteiger partial charge in [0.1, 0.15) is 30.6 Å². The molecule has 1 aliphatic rings. The number of hydrogen-bond donors (Lipinski definition) is 1. The largest absolute Gasteiger partial charge is 0.486 e. The standard InChI is InChI=1S/C21H20N2O4S/c1-14-2-5-17(6-3-14)27-12-21-23-16(13-28-21)11-20(24)22-15-4-7-18-19(10-15)26-9-8-25-18/h2-7,10,13H,8-9,11-12H2,1H3,(H,22,24). The van der Waals surface area contributed by atoms with Crippen molar-refractivity contribution in [1.29, 1.82) is 0 Å². The summed E-state index contributed by atoms with van der Waals surface area (Å²) < 4.78 is 16.8. The SMILES string of the molecule is Cc1ccc(OCc2nc(CC(=O)Nc3ccc4c(c3)OCCO4)cs2)cc1. The van der Waals surface area contributed by atoms with E-state index in [0.29, 0.717) is 37.0 Å². The number of nitrogens with one attached hydrogen (secondary N) is 1. The predicted molar refractivity (Wildman–Crippen MR) is 107 cm³/mol. The fourth-order valence-corrected chi connectivity index (χ4v) is 3.47. The first-order chi connectivity index (χ1) is 13.7. The number of carbonyl (C=O) groups excluding carboxylic acids is 1. The molecule has 1 aliphatic heterocycles. The zero-order valence-corrected chi connectivity index (χ0v) is 16.3. The van der Waals surface area contributed by atoms with E-state index in [1.807, 2.05) is 36.6 Å². The number of nitrogens with zero attached hydrogens (tertiary/aromatic N) is 1. The lowest BCUT2D eigenvalue weighted by atomic mass is 10.2. The first kappa shape index (κ1) is 18.3. The molecule has 1 aromatic heterocycles. The molecule has 2 aromatic carbocycles. The van der Waals surface area contributed by atoms with Crippen LogP contribution in [0.5, 0.6) is 17.2 Å². The lowest BCUT2D eigenvalue weighted by Crippen LogP contribution is -2.17. The van der Waals surface area contributed by atoms with Gasteiger partial charge < -0.3 is 19.5 Å². The number of ether oxygens (including phenoxy) is 3. The Balaban J connectivity index is 1.30. The summed E-state index contributed by atoms with van der Waals surface area (Å²) in [5.41, 5.74) is 2.59. The predicted octanol–water partition coefficient (Wildman–Crippen LogP) is 3.98. The van der Waals surface area contributed by atoms with Gasteiger partial charge in [0.05, 0.1) is 12.1 Å². The van der Waals surface area contributed by atoms with Crippen molar-refractivity contribution in [2.45, 2.75) is 20.0 Å². The molecule has 6 nitrogen and oxygen atoms in total. The number of fused-ring (bicyclic) bond motifs is 1. The summed E-state index contributed by atoms with van der Waals surface area (Å²) in [7, 11) is 0. The molecule has 0 radical (unpaired) electrons. The van der Waals surface area contributed by atoms with Crippen LogP contribution in [0.3, 0.4) is 0 Å². The van der Waals surface area contributed by atoms with Crippen molar-refractivity contribution >= 4 is 22.9 Å². The fraction of sp³-hybridized carbons (Fsp3) is 0.238. The van der Waals surface area contributed by atoms with Crippen LogP contribution in [0.2, 0.25) is 0 Å². The number of rotatable bonds is 6. The highest BCUT2D eigenvalue weighted by atomic mass is 32.1. The van der Waals surface area contributed by atoms with E-state index < -0.39 is 0 Å². The highest BCUT2D eigenvalue weighted by Gasteiger charge is 2.14. The van der Waals surface area contributed by atoms with Crippen molar-refractivity contribution in [2.75, 3.05) is 18.5 Å². The molecule has 144 valence electrons. The summed E-state index contributed by atoms with van der Waals surface area (Å²) in [6.07, 6.45) is 0.204. The van der Waals surface area contributed by atoms with Crippen LogP contribution in [-0.2, 0) is 17.8 Å². The van der Waals surface area contributed by atoms with Gasteiger partial charge in [0.2, 0.25) is 5.91 Å². The van der Waals surface area contributed by atoms with Gasteiger partial charge in [-0.3, -0.25) is 4.79 Å². The quantitative estimate of drug-likeness (QED) is 0.682. The smallest absolute Gasteiger partial charge is 0.230 e. The molecule has 0 bridgehead atoms. The van der Waals surface area contributed by atoms with Crippen molar-refractivity contribution in [3.8, 4) is 17.2 Å². The van der Waals surface area contributed by atoms with Crippen LogP contribution < -0.4 is 19.5 Å². The third-order valence-corrected chi connectivity index (χ3v) is 5.02. The second-order valence-corrected chi connectivity index (χ2v) is 7.36. The van der Waals surface area contributed by atoms with Gasteiger partial charge in [-0.1, -0.05) is 17.7 Å². The molecule has 7 heteroatoms. The van der Waals surface area contributed by atoms with E-state index in [0.717, 1.165) is 16.5 Å². The molecule has 0 atom stereocenters. The minimum absolute atomic E-state index is 0.131. The number of carbonyl (C=O) groups is 1. The molecule has 0 spiro atoms. The van der Waals surface area contributed by atoms with Gasteiger partial charge in [-0.05, 0) is 31.2 Å². The van der Waals surface area contributed by atoms with Gasteiger partial charge in [0, 0.05) is 17.1 Å². The minimum atomic E-state index is -0.131. The number of thiazole rings is 1. The molecule has 0 unspecified atom stereocenters. The Labute approximate surface area is 167 Å². The maximum atomic E-state index is 12.3. The summed E-state index contributed by atoms with van der Waals surface area (Å²) in [5.74, 6) is 2.02. The Bertz CT molecular complexity index is 969. The maximum Gasteiger partial charge on any atom is 0.230 e. The third-order valence-electron chi connectivity index (χ3n) is 4.15. The summed E-state index contributed by atoms with van der Waals surface area (Å²) in [4.78, 5) is 16.8. The second kappa shape index (κ2) is 8.31. The molecule has 3 aromatic rings. The highest BCUT2D eigenvalue weighted by molar-refractivity contribution is 7.09. The molecule has 28 heavy (non-hydrogen) atoms. The molecular weight excluding hydrogens is 376 g/mol. The molecule has 0 saturated carbocycles. The average Bonchev–Trinajstić information content (AvgIpc) is 3.14. The van der Waals surface area contributed by atoms with E-state index in [9.17, 15) is 4.79 Å². The van der Waals surface area contributed by atoms with E-state index in [2.05, 4.69) is 10.3 Å². The van der Waals surface area contributed by atoms with Crippen molar-refractivity contribution in [3.05, 3.63) is 64.1 Å². The Hall–Kier alpha value is -3.06. The minimum Gasteiger partial charge on any atom is -0.486 e. The van der Waals surface area contributed by atoms with Crippen molar-refractivity contribution in [2.24, 2.45) is 0 Å². The molecule has 2 heterocycles. The average molecular weight is 396 g/mol. The van der Waals surface area contributed by atoms with Crippen LogP contribution in [0.4, 0.5) is 5.69 Å². The normalized spacial score (nSPS) is 12.5. The monoisotopic (exact) mass is 396 g/mol. The number of amides is 1. The van der Waals surface area contributed by atoms with Gasteiger partial charge in [-0.15, -0.1) is 11.3 Å². The summed E-state index contributed by atoms with van der Waals surface area (Å²) in [6, 6.07) is 13.2. The van der Waals surface area contributed by atoms with Gasteiger partial charge >= 0.3 is 0 Å². The first-order valence-corrected chi connectivity index (χ1v) is 9.86. The van der Waals surface area contributed by atoms with Crippen molar-refractivity contribution in [1.82, 2.24) is 4.98 Å². The lowest BCUT2D eigenvalue weighted by molar-refractivity contribution is -0.115. The summed E-state index contributed by atoms with van der Waals surface area (Å²) in [5, 5.41) is 5.59. The van der Waals surface area contributed by atoms with Crippen molar-refractivity contribution in [3.63, 3.8) is 0 Å². The van der Waals surface area contributed by atoms with E-state index in [4.69, 9.17) is 14.2 Å². The van der Waals surface area contributed by atoms with Crippen LogP contribution >= 0.6 is 11.3 Å². The lowest BCUT2D eigenvalue weighted by Gasteiger charge is -2.18.